The Balaban J connectivity index is 2.03. The first kappa shape index (κ1) is 15.8. The van der Waals surface area contributed by atoms with E-state index in [4.69, 9.17) is 5.73 Å². The Labute approximate surface area is 131 Å². The number of benzene rings is 1. The molecule has 21 heavy (non-hydrogen) atoms. The van der Waals surface area contributed by atoms with Crippen molar-refractivity contribution in [1.29, 1.82) is 0 Å². The second-order valence-electron chi connectivity index (χ2n) is 4.33. The van der Waals surface area contributed by atoms with Crippen LogP contribution >= 0.6 is 23.1 Å². The maximum absolute atomic E-state index is 12.9. The quantitative estimate of drug-likeness (QED) is 0.857. The number of aromatic nitrogens is 1. The summed E-state index contributed by atoms with van der Waals surface area (Å²) in [5, 5.41) is 0.508. The van der Waals surface area contributed by atoms with Crippen LogP contribution in [-0.4, -0.2) is 23.2 Å². The van der Waals surface area contributed by atoms with Gasteiger partial charge in [0.25, 0.3) is 0 Å². The van der Waals surface area contributed by atoms with Crippen molar-refractivity contribution in [2.45, 2.75) is 18.1 Å². The highest BCUT2D eigenvalue weighted by Gasteiger charge is 2.16. The van der Waals surface area contributed by atoms with Gasteiger partial charge in [0.15, 0.2) is 5.13 Å². The maximum Gasteiger partial charge on any atom is 0.237 e. The number of carbonyl (C=O) groups excluding carboxylic acids is 1. The number of nitrogens with zero attached hydrogens (tertiary/aromatic N) is 2. The predicted molar refractivity (Wildman–Crippen MR) is 86.4 cm³/mol. The number of aryl methyl sites for hydroxylation is 1. The Morgan fingerprint density at radius 3 is 2.62 bits per heavy atom. The van der Waals surface area contributed by atoms with Gasteiger partial charge in [-0.3, -0.25) is 4.79 Å². The number of rotatable bonds is 5. The van der Waals surface area contributed by atoms with E-state index in [9.17, 15) is 9.18 Å². The molecule has 1 aromatic heterocycles. The Morgan fingerprint density at radius 1 is 1.43 bits per heavy atom. The molecule has 0 saturated heterocycles. The third kappa shape index (κ3) is 3.95. The van der Waals surface area contributed by atoms with Gasteiger partial charge in [0.2, 0.25) is 5.91 Å². The zero-order chi connectivity index (χ0) is 15.4. The number of thioether (sulfide) groups is 1. The van der Waals surface area contributed by atoms with E-state index in [1.807, 2.05) is 13.8 Å². The van der Waals surface area contributed by atoms with Gasteiger partial charge in [-0.15, -0.1) is 11.8 Å². The number of hydrogen-bond acceptors (Lipinski definition) is 5. The Morgan fingerprint density at radius 2 is 2.10 bits per heavy atom. The van der Waals surface area contributed by atoms with Crippen molar-refractivity contribution in [1.82, 2.24) is 4.98 Å². The van der Waals surface area contributed by atoms with Crippen molar-refractivity contribution >= 4 is 39.8 Å². The zero-order valence-electron chi connectivity index (χ0n) is 11.8. The highest BCUT2D eigenvalue weighted by molar-refractivity contribution is 8.01. The Kier molecular flexibility index (Phi) is 5.19. The highest BCUT2D eigenvalue weighted by Crippen LogP contribution is 2.30. The average molecular weight is 325 g/mol. The fourth-order valence-electron chi connectivity index (χ4n) is 1.87. The number of thiazole rings is 1. The summed E-state index contributed by atoms with van der Waals surface area (Å²) in [4.78, 5) is 18.1. The fraction of sp³-hybridized carbons (Fsp3) is 0.286. The van der Waals surface area contributed by atoms with Crippen molar-refractivity contribution in [2.24, 2.45) is 0 Å². The molecule has 0 aliphatic rings. The molecule has 0 spiro atoms. The van der Waals surface area contributed by atoms with Gasteiger partial charge in [-0.25, -0.2) is 9.37 Å². The molecule has 0 saturated carbocycles. The summed E-state index contributed by atoms with van der Waals surface area (Å²) in [7, 11) is 0. The number of halogens is 1. The van der Waals surface area contributed by atoms with Crippen LogP contribution in [0.3, 0.4) is 0 Å². The highest BCUT2D eigenvalue weighted by atomic mass is 32.2. The summed E-state index contributed by atoms with van der Waals surface area (Å²) in [6.45, 7) is 4.30. The second kappa shape index (κ2) is 6.91. The monoisotopic (exact) mass is 325 g/mol. The lowest BCUT2D eigenvalue weighted by atomic mass is 10.3. The molecular formula is C14H16FN3OS2. The first-order valence-electron chi connectivity index (χ1n) is 6.43. The van der Waals surface area contributed by atoms with Gasteiger partial charge in [0, 0.05) is 12.2 Å². The predicted octanol–water partition coefficient (Wildman–Crippen LogP) is 3.32. The van der Waals surface area contributed by atoms with Crippen LogP contribution in [0, 0.1) is 12.7 Å². The summed E-state index contributed by atoms with van der Waals surface area (Å²) in [5.74, 6) is -0.0406. The fourth-order valence-corrected chi connectivity index (χ4v) is 3.77. The molecule has 112 valence electrons. The van der Waals surface area contributed by atoms with Gasteiger partial charge in [-0.05, 0) is 38.1 Å². The number of nitrogens with two attached hydrogens (primary N) is 1. The standard InChI is InChI=1S/C14H16FN3OS2/c1-3-18(11-6-4-10(15)5-7-11)12(19)8-20-13-9(2)17-14(16)21-13/h4-7H,3,8H2,1-2H3,(H2,16,17). The average Bonchev–Trinajstić information content (AvgIpc) is 2.77. The molecule has 0 aliphatic heterocycles. The van der Waals surface area contributed by atoms with E-state index in [2.05, 4.69) is 4.98 Å². The Hall–Kier alpha value is -1.60. The normalized spacial score (nSPS) is 10.6. The van der Waals surface area contributed by atoms with Crippen molar-refractivity contribution < 1.29 is 9.18 Å². The van der Waals surface area contributed by atoms with Crippen molar-refractivity contribution in [3.63, 3.8) is 0 Å². The van der Waals surface area contributed by atoms with Gasteiger partial charge in [-0.1, -0.05) is 11.3 Å². The van der Waals surface area contributed by atoms with Crippen molar-refractivity contribution in [3.05, 3.63) is 35.8 Å². The first-order chi connectivity index (χ1) is 10.0. The maximum atomic E-state index is 12.9. The van der Waals surface area contributed by atoms with Crippen LogP contribution in [0.2, 0.25) is 0 Å². The first-order valence-corrected chi connectivity index (χ1v) is 8.23. The molecule has 0 fully saturated rings. The van der Waals surface area contributed by atoms with E-state index in [0.29, 0.717) is 23.1 Å². The molecule has 0 unspecified atom stereocenters. The lowest BCUT2D eigenvalue weighted by Gasteiger charge is -2.20. The van der Waals surface area contributed by atoms with E-state index in [1.165, 1.54) is 35.2 Å². The third-order valence-electron chi connectivity index (χ3n) is 2.85. The van der Waals surface area contributed by atoms with E-state index in [-0.39, 0.29) is 11.7 Å². The molecule has 4 nitrogen and oxygen atoms in total. The number of hydrogen-bond donors (Lipinski definition) is 1. The van der Waals surface area contributed by atoms with E-state index in [0.717, 1.165) is 9.90 Å². The van der Waals surface area contributed by atoms with Crippen LogP contribution in [0.25, 0.3) is 0 Å². The van der Waals surface area contributed by atoms with Crippen molar-refractivity contribution in [2.75, 3.05) is 22.9 Å². The second-order valence-corrected chi connectivity index (χ2v) is 6.60. The Bertz CT molecular complexity index is 628. The molecule has 1 heterocycles. The summed E-state index contributed by atoms with van der Waals surface area (Å²) in [6.07, 6.45) is 0. The number of anilines is 2. The molecule has 2 N–H and O–H groups in total. The number of carbonyl (C=O) groups is 1. The number of nitrogen functional groups attached to an aromatic ring is 1. The lowest BCUT2D eigenvalue weighted by molar-refractivity contribution is -0.116. The minimum atomic E-state index is -0.313. The van der Waals surface area contributed by atoms with Crippen LogP contribution in [0.1, 0.15) is 12.6 Å². The zero-order valence-corrected chi connectivity index (χ0v) is 13.4. The van der Waals surface area contributed by atoms with Crippen molar-refractivity contribution in [3.8, 4) is 0 Å². The molecule has 1 aromatic carbocycles. The van der Waals surface area contributed by atoms with Gasteiger partial charge in [0.05, 0.1) is 15.7 Å². The summed E-state index contributed by atoms with van der Waals surface area (Å²) in [5.41, 5.74) is 7.19. The van der Waals surface area contributed by atoms with Crippen LogP contribution in [0.5, 0.6) is 0 Å². The third-order valence-corrected chi connectivity index (χ3v) is 5.19. The van der Waals surface area contributed by atoms with Gasteiger partial charge >= 0.3 is 0 Å². The van der Waals surface area contributed by atoms with E-state index < -0.39 is 0 Å². The SMILES string of the molecule is CCN(C(=O)CSc1sc(N)nc1C)c1ccc(F)cc1. The molecule has 2 rings (SSSR count). The largest absolute Gasteiger partial charge is 0.375 e. The lowest BCUT2D eigenvalue weighted by Crippen LogP contribution is -2.32. The topological polar surface area (TPSA) is 59.2 Å². The molecular weight excluding hydrogens is 309 g/mol. The molecule has 2 aromatic rings. The van der Waals surface area contributed by atoms with Gasteiger partial charge in [0.1, 0.15) is 5.82 Å². The van der Waals surface area contributed by atoms with Crippen LogP contribution < -0.4 is 10.6 Å². The smallest absolute Gasteiger partial charge is 0.237 e. The van der Waals surface area contributed by atoms with Gasteiger partial charge < -0.3 is 10.6 Å². The summed E-state index contributed by atoms with van der Waals surface area (Å²) < 4.78 is 13.9. The number of amides is 1. The molecule has 0 aliphatic carbocycles. The summed E-state index contributed by atoms with van der Waals surface area (Å²) in [6, 6.07) is 5.92. The van der Waals surface area contributed by atoms with Crippen LogP contribution in [0.4, 0.5) is 15.2 Å². The van der Waals surface area contributed by atoms with Crippen LogP contribution in [-0.2, 0) is 4.79 Å². The molecule has 7 heteroatoms. The van der Waals surface area contributed by atoms with Gasteiger partial charge in [-0.2, -0.15) is 0 Å². The van der Waals surface area contributed by atoms with E-state index in [1.54, 1.807) is 17.0 Å². The molecule has 1 amide bonds. The van der Waals surface area contributed by atoms with Crippen LogP contribution in [0.15, 0.2) is 28.5 Å². The minimum absolute atomic E-state index is 0.0273. The van der Waals surface area contributed by atoms with E-state index >= 15 is 0 Å². The molecule has 0 bridgehead atoms. The summed E-state index contributed by atoms with van der Waals surface area (Å²) >= 11 is 2.81. The minimum Gasteiger partial charge on any atom is -0.375 e. The molecule has 0 atom stereocenters. The molecule has 0 radical (unpaired) electrons.